The molecule has 0 fully saturated rings. The van der Waals surface area contributed by atoms with E-state index in [1.807, 2.05) is 6.92 Å². The van der Waals surface area contributed by atoms with Crippen molar-refractivity contribution in [3.05, 3.63) is 21.4 Å². The molecule has 0 aliphatic carbocycles. The van der Waals surface area contributed by atoms with Gasteiger partial charge < -0.3 is 5.11 Å². The standard InChI is InChI=1S/C12H16O3S/c1-7(2)4-8(3)10-5-9(6-13)16-11(10)12(14)15/h5-8H,4H2,1-3H3,(H,14,15). The highest BCUT2D eigenvalue weighted by atomic mass is 32.1. The lowest BCUT2D eigenvalue weighted by Crippen LogP contribution is -2.03. The smallest absolute Gasteiger partial charge is 0.346 e. The number of carboxylic acids is 1. The minimum absolute atomic E-state index is 0.177. The second-order valence-electron chi connectivity index (χ2n) is 4.39. The molecule has 0 spiro atoms. The van der Waals surface area contributed by atoms with Crippen LogP contribution in [0.25, 0.3) is 0 Å². The molecule has 3 nitrogen and oxygen atoms in total. The summed E-state index contributed by atoms with van der Waals surface area (Å²) in [7, 11) is 0. The highest BCUT2D eigenvalue weighted by Gasteiger charge is 2.20. The molecule has 4 heteroatoms. The molecule has 16 heavy (non-hydrogen) atoms. The van der Waals surface area contributed by atoms with Crippen LogP contribution < -0.4 is 0 Å². The van der Waals surface area contributed by atoms with Gasteiger partial charge in [-0.2, -0.15) is 0 Å². The van der Waals surface area contributed by atoms with Gasteiger partial charge in [0.25, 0.3) is 0 Å². The molecule has 1 aromatic heterocycles. The van der Waals surface area contributed by atoms with E-state index in [4.69, 9.17) is 5.11 Å². The van der Waals surface area contributed by atoms with Gasteiger partial charge in [0.05, 0.1) is 4.88 Å². The van der Waals surface area contributed by atoms with Crippen molar-refractivity contribution in [2.45, 2.75) is 33.1 Å². The topological polar surface area (TPSA) is 54.4 Å². The van der Waals surface area contributed by atoms with E-state index in [0.29, 0.717) is 22.0 Å². The molecule has 0 aromatic carbocycles. The van der Waals surface area contributed by atoms with E-state index in [-0.39, 0.29) is 5.92 Å². The Morgan fingerprint density at radius 2 is 2.12 bits per heavy atom. The van der Waals surface area contributed by atoms with Gasteiger partial charge in [-0.15, -0.1) is 11.3 Å². The van der Waals surface area contributed by atoms with Crippen LogP contribution in [0.1, 0.15) is 58.0 Å². The zero-order valence-corrected chi connectivity index (χ0v) is 10.5. The Hall–Kier alpha value is -1.16. The first-order valence-electron chi connectivity index (χ1n) is 5.27. The van der Waals surface area contributed by atoms with Gasteiger partial charge in [-0.25, -0.2) is 4.79 Å². The van der Waals surface area contributed by atoms with Crippen LogP contribution in [0, 0.1) is 5.92 Å². The number of hydrogen-bond acceptors (Lipinski definition) is 3. The maximum absolute atomic E-state index is 11.0. The van der Waals surface area contributed by atoms with Crippen LogP contribution >= 0.6 is 11.3 Å². The van der Waals surface area contributed by atoms with Crippen molar-refractivity contribution >= 4 is 23.6 Å². The Balaban J connectivity index is 3.05. The first kappa shape index (κ1) is 12.9. The molecular weight excluding hydrogens is 224 g/mol. The largest absolute Gasteiger partial charge is 0.477 e. The van der Waals surface area contributed by atoms with E-state index in [2.05, 4.69) is 13.8 Å². The maximum atomic E-state index is 11.0. The third-order valence-corrected chi connectivity index (χ3v) is 3.51. The zero-order valence-electron chi connectivity index (χ0n) is 9.69. The fourth-order valence-corrected chi connectivity index (χ4v) is 2.79. The number of thiophene rings is 1. The van der Waals surface area contributed by atoms with Crippen LogP contribution in [0.3, 0.4) is 0 Å². The van der Waals surface area contributed by atoms with Crippen LogP contribution in [0.2, 0.25) is 0 Å². The second kappa shape index (κ2) is 5.25. The summed E-state index contributed by atoms with van der Waals surface area (Å²) in [6, 6.07) is 1.70. The van der Waals surface area contributed by atoms with E-state index < -0.39 is 5.97 Å². The van der Waals surface area contributed by atoms with E-state index >= 15 is 0 Å². The Bertz CT molecular complexity index is 393. The lowest BCUT2D eigenvalue weighted by atomic mass is 9.92. The molecular formula is C12H16O3S. The van der Waals surface area contributed by atoms with Gasteiger partial charge in [0.1, 0.15) is 4.88 Å². The number of carbonyl (C=O) groups is 2. The number of aldehydes is 1. The zero-order chi connectivity index (χ0) is 12.3. The first-order valence-corrected chi connectivity index (χ1v) is 6.09. The van der Waals surface area contributed by atoms with E-state index in [9.17, 15) is 9.59 Å². The molecule has 0 aliphatic heterocycles. The van der Waals surface area contributed by atoms with E-state index in [0.717, 1.165) is 23.3 Å². The summed E-state index contributed by atoms with van der Waals surface area (Å²) in [5, 5.41) is 9.05. The molecule has 88 valence electrons. The third kappa shape index (κ3) is 2.92. The van der Waals surface area contributed by atoms with Crippen molar-refractivity contribution in [2.24, 2.45) is 5.92 Å². The SMILES string of the molecule is CC(C)CC(C)c1cc(C=O)sc1C(=O)O. The molecule has 1 atom stereocenters. The van der Waals surface area contributed by atoms with Gasteiger partial charge in [-0.3, -0.25) is 4.79 Å². The lowest BCUT2D eigenvalue weighted by Gasteiger charge is -2.13. The first-order chi connectivity index (χ1) is 7.45. The van der Waals surface area contributed by atoms with Gasteiger partial charge in [0, 0.05) is 0 Å². The normalized spacial score (nSPS) is 12.8. The molecule has 1 aromatic rings. The third-order valence-electron chi connectivity index (χ3n) is 2.45. The average molecular weight is 240 g/mol. The summed E-state index contributed by atoms with van der Waals surface area (Å²) in [5.41, 5.74) is 0.785. The highest BCUT2D eigenvalue weighted by Crippen LogP contribution is 2.31. The predicted molar refractivity (Wildman–Crippen MR) is 64.5 cm³/mol. The predicted octanol–water partition coefficient (Wildman–Crippen LogP) is 3.41. The van der Waals surface area contributed by atoms with Crippen LogP contribution in [0.4, 0.5) is 0 Å². The van der Waals surface area contributed by atoms with Crippen molar-refractivity contribution in [3.8, 4) is 0 Å². The van der Waals surface area contributed by atoms with E-state index in [1.165, 1.54) is 0 Å². The summed E-state index contributed by atoms with van der Waals surface area (Å²) in [4.78, 5) is 22.5. The van der Waals surface area contributed by atoms with Crippen molar-refractivity contribution in [2.75, 3.05) is 0 Å². The molecule has 1 heterocycles. The molecule has 1 unspecified atom stereocenters. The van der Waals surface area contributed by atoms with Crippen molar-refractivity contribution < 1.29 is 14.7 Å². The second-order valence-corrected chi connectivity index (χ2v) is 5.47. The molecule has 0 bridgehead atoms. The monoisotopic (exact) mass is 240 g/mol. The minimum Gasteiger partial charge on any atom is -0.477 e. The van der Waals surface area contributed by atoms with Gasteiger partial charge in [-0.1, -0.05) is 20.8 Å². The molecule has 0 aliphatic rings. The highest BCUT2D eigenvalue weighted by molar-refractivity contribution is 7.15. The average Bonchev–Trinajstić information content (AvgIpc) is 2.60. The Kier molecular flexibility index (Phi) is 4.24. The van der Waals surface area contributed by atoms with Crippen molar-refractivity contribution in [1.82, 2.24) is 0 Å². The van der Waals surface area contributed by atoms with Crippen LogP contribution in [-0.4, -0.2) is 17.4 Å². The maximum Gasteiger partial charge on any atom is 0.346 e. The minimum atomic E-state index is -0.941. The molecule has 1 rings (SSSR count). The fraction of sp³-hybridized carbons (Fsp3) is 0.500. The summed E-state index contributed by atoms with van der Waals surface area (Å²) in [5.74, 6) is -0.254. The number of rotatable bonds is 5. The van der Waals surface area contributed by atoms with Crippen LogP contribution in [0.5, 0.6) is 0 Å². The molecule has 0 amide bonds. The Morgan fingerprint density at radius 3 is 2.56 bits per heavy atom. The van der Waals surface area contributed by atoms with Crippen molar-refractivity contribution in [1.29, 1.82) is 0 Å². The van der Waals surface area contributed by atoms with Gasteiger partial charge in [0.2, 0.25) is 0 Å². The molecule has 0 saturated carbocycles. The van der Waals surface area contributed by atoms with Gasteiger partial charge >= 0.3 is 5.97 Å². The van der Waals surface area contributed by atoms with Crippen LogP contribution in [-0.2, 0) is 0 Å². The quantitative estimate of drug-likeness (QED) is 0.802. The molecule has 0 saturated heterocycles. The summed E-state index contributed by atoms with van der Waals surface area (Å²) in [6.45, 7) is 6.21. The Morgan fingerprint density at radius 1 is 1.50 bits per heavy atom. The summed E-state index contributed by atoms with van der Waals surface area (Å²) >= 11 is 1.06. The van der Waals surface area contributed by atoms with Crippen LogP contribution in [0.15, 0.2) is 6.07 Å². The molecule has 1 N–H and O–H groups in total. The van der Waals surface area contributed by atoms with Gasteiger partial charge in [0.15, 0.2) is 6.29 Å². The summed E-state index contributed by atoms with van der Waals surface area (Å²) < 4.78 is 0. The van der Waals surface area contributed by atoms with Crippen molar-refractivity contribution in [3.63, 3.8) is 0 Å². The summed E-state index contributed by atoms with van der Waals surface area (Å²) in [6.07, 6.45) is 1.64. The van der Waals surface area contributed by atoms with E-state index in [1.54, 1.807) is 6.07 Å². The molecule has 0 radical (unpaired) electrons. The number of carboxylic acid groups (broad SMARTS) is 1. The number of carbonyl (C=O) groups excluding carboxylic acids is 1. The lowest BCUT2D eigenvalue weighted by molar-refractivity contribution is 0.0700. The number of aromatic carboxylic acids is 1. The fourth-order valence-electron chi connectivity index (χ4n) is 1.85. The van der Waals surface area contributed by atoms with Gasteiger partial charge in [-0.05, 0) is 29.9 Å². The Labute approximate surface area is 99.1 Å². The number of hydrogen-bond donors (Lipinski definition) is 1.